The van der Waals surface area contributed by atoms with E-state index >= 15 is 0 Å². The van der Waals surface area contributed by atoms with Crippen LogP contribution in [0, 0.1) is 11.8 Å². The standard InChI is InChI=1S/C15H19BrClN/c1-3-5-6-7-15(18-8-4-2)12-9-13(16)11-14(17)10-12/h9-11,15,18H,4,6-8H2,1-2H3. The first-order chi connectivity index (χ1) is 8.67. The molecule has 3 heteroatoms. The van der Waals surface area contributed by atoms with Crippen molar-refractivity contribution < 1.29 is 0 Å². The predicted octanol–water partition coefficient (Wildman–Crippen LogP) is 4.95. The molecule has 0 aliphatic rings. The van der Waals surface area contributed by atoms with Gasteiger partial charge in [-0.05, 0) is 50.1 Å². The summed E-state index contributed by atoms with van der Waals surface area (Å²) in [5.41, 5.74) is 1.22. The molecule has 0 heterocycles. The molecule has 0 spiro atoms. The summed E-state index contributed by atoms with van der Waals surface area (Å²) >= 11 is 9.59. The average molecular weight is 329 g/mol. The Morgan fingerprint density at radius 2 is 2.17 bits per heavy atom. The topological polar surface area (TPSA) is 12.0 Å². The van der Waals surface area contributed by atoms with Gasteiger partial charge in [0.15, 0.2) is 0 Å². The van der Waals surface area contributed by atoms with Gasteiger partial charge in [0.25, 0.3) is 0 Å². The molecule has 0 aliphatic heterocycles. The number of nitrogens with one attached hydrogen (secondary N) is 1. The first-order valence-corrected chi connectivity index (χ1v) is 7.43. The van der Waals surface area contributed by atoms with Gasteiger partial charge in [-0.15, -0.1) is 11.8 Å². The van der Waals surface area contributed by atoms with Crippen molar-refractivity contribution in [2.45, 2.75) is 39.2 Å². The fourth-order valence-corrected chi connectivity index (χ4v) is 2.71. The van der Waals surface area contributed by atoms with Gasteiger partial charge in [-0.2, -0.15) is 0 Å². The van der Waals surface area contributed by atoms with E-state index in [-0.39, 0.29) is 0 Å². The molecule has 0 aromatic heterocycles. The molecule has 1 atom stereocenters. The number of benzene rings is 1. The first-order valence-electron chi connectivity index (χ1n) is 6.26. The highest BCUT2D eigenvalue weighted by Crippen LogP contribution is 2.26. The summed E-state index contributed by atoms with van der Waals surface area (Å²) in [6.07, 6.45) is 3.04. The second-order valence-corrected chi connectivity index (χ2v) is 5.53. The Kier molecular flexibility index (Phi) is 7.42. The van der Waals surface area contributed by atoms with E-state index in [1.807, 2.05) is 19.1 Å². The second kappa shape index (κ2) is 8.58. The minimum absolute atomic E-state index is 0.320. The zero-order valence-corrected chi connectivity index (χ0v) is 13.2. The molecule has 0 amide bonds. The molecule has 1 rings (SSSR count). The van der Waals surface area contributed by atoms with Gasteiger partial charge < -0.3 is 5.32 Å². The monoisotopic (exact) mass is 327 g/mol. The third kappa shape index (κ3) is 5.44. The largest absolute Gasteiger partial charge is 0.310 e. The van der Waals surface area contributed by atoms with E-state index in [0.29, 0.717) is 6.04 Å². The van der Waals surface area contributed by atoms with Gasteiger partial charge in [-0.3, -0.25) is 0 Å². The molecular formula is C15H19BrClN. The first kappa shape index (κ1) is 15.6. The molecule has 0 fully saturated rings. The van der Waals surface area contributed by atoms with Crippen LogP contribution in [0.25, 0.3) is 0 Å². The molecule has 0 bridgehead atoms. The maximum absolute atomic E-state index is 6.10. The fourth-order valence-electron chi connectivity index (χ4n) is 1.82. The van der Waals surface area contributed by atoms with Crippen LogP contribution in [0.3, 0.4) is 0 Å². The number of hydrogen-bond donors (Lipinski definition) is 1. The van der Waals surface area contributed by atoms with E-state index < -0.39 is 0 Å². The van der Waals surface area contributed by atoms with Gasteiger partial charge in [0.05, 0.1) is 0 Å². The summed E-state index contributed by atoms with van der Waals surface area (Å²) in [4.78, 5) is 0. The lowest BCUT2D eigenvalue weighted by atomic mass is 10.0. The van der Waals surface area contributed by atoms with E-state index in [1.165, 1.54) is 5.56 Å². The Hall–Kier alpha value is -0.490. The van der Waals surface area contributed by atoms with Crippen molar-refractivity contribution in [2.75, 3.05) is 6.54 Å². The van der Waals surface area contributed by atoms with Crippen molar-refractivity contribution in [3.63, 3.8) is 0 Å². The summed E-state index contributed by atoms with van der Waals surface area (Å²) in [5, 5.41) is 4.32. The molecule has 1 N–H and O–H groups in total. The van der Waals surface area contributed by atoms with E-state index in [1.54, 1.807) is 0 Å². The van der Waals surface area contributed by atoms with Gasteiger partial charge >= 0.3 is 0 Å². The van der Waals surface area contributed by atoms with Crippen LogP contribution >= 0.6 is 27.5 Å². The number of halogens is 2. The molecule has 1 aromatic rings. The van der Waals surface area contributed by atoms with E-state index in [2.05, 4.69) is 46.1 Å². The van der Waals surface area contributed by atoms with Crippen LogP contribution in [0.15, 0.2) is 22.7 Å². The summed E-state index contributed by atoms with van der Waals surface area (Å²) in [6, 6.07) is 6.38. The van der Waals surface area contributed by atoms with Crippen LogP contribution in [-0.2, 0) is 0 Å². The van der Waals surface area contributed by atoms with Gasteiger partial charge in [-0.25, -0.2) is 0 Å². The van der Waals surface area contributed by atoms with E-state index in [4.69, 9.17) is 11.6 Å². The number of rotatable bonds is 6. The minimum atomic E-state index is 0.320. The van der Waals surface area contributed by atoms with Crippen molar-refractivity contribution in [3.8, 4) is 11.8 Å². The van der Waals surface area contributed by atoms with Crippen molar-refractivity contribution in [3.05, 3.63) is 33.3 Å². The van der Waals surface area contributed by atoms with Crippen LogP contribution in [0.1, 0.15) is 44.7 Å². The molecule has 0 saturated carbocycles. The molecule has 1 nitrogen and oxygen atoms in total. The molecule has 0 aliphatic carbocycles. The lowest BCUT2D eigenvalue weighted by molar-refractivity contribution is 0.505. The van der Waals surface area contributed by atoms with Gasteiger partial charge in [-0.1, -0.05) is 34.5 Å². The SMILES string of the molecule is CC#CCCC(NCCC)c1cc(Cl)cc(Br)c1. The molecule has 98 valence electrons. The van der Waals surface area contributed by atoms with Crippen molar-refractivity contribution in [2.24, 2.45) is 0 Å². The summed E-state index contributed by atoms with van der Waals surface area (Å²) in [5.74, 6) is 6.06. The molecule has 1 aromatic carbocycles. The molecule has 0 radical (unpaired) electrons. The zero-order valence-electron chi connectivity index (χ0n) is 10.9. The highest BCUT2D eigenvalue weighted by Gasteiger charge is 2.11. The Labute approximate surface area is 123 Å². The second-order valence-electron chi connectivity index (χ2n) is 4.17. The highest BCUT2D eigenvalue weighted by atomic mass is 79.9. The van der Waals surface area contributed by atoms with E-state index in [9.17, 15) is 0 Å². The molecular weight excluding hydrogens is 310 g/mol. The quantitative estimate of drug-likeness (QED) is 0.729. The Bertz CT molecular complexity index is 414. The van der Waals surface area contributed by atoms with Crippen LogP contribution < -0.4 is 5.32 Å². The van der Waals surface area contributed by atoms with Gasteiger partial charge in [0.2, 0.25) is 0 Å². The maximum atomic E-state index is 6.10. The highest BCUT2D eigenvalue weighted by molar-refractivity contribution is 9.10. The third-order valence-electron chi connectivity index (χ3n) is 2.66. The average Bonchev–Trinajstić information content (AvgIpc) is 2.32. The maximum Gasteiger partial charge on any atom is 0.0420 e. The Morgan fingerprint density at radius 3 is 2.78 bits per heavy atom. The summed E-state index contributed by atoms with van der Waals surface area (Å²) in [7, 11) is 0. The molecule has 1 unspecified atom stereocenters. The van der Waals surface area contributed by atoms with Crippen LogP contribution in [0.4, 0.5) is 0 Å². The van der Waals surface area contributed by atoms with Gasteiger partial charge in [0.1, 0.15) is 0 Å². The van der Waals surface area contributed by atoms with Crippen molar-refractivity contribution >= 4 is 27.5 Å². The smallest absolute Gasteiger partial charge is 0.0420 e. The molecule has 0 saturated heterocycles. The van der Waals surface area contributed by atoms with Crippen molar-refractivity contribution in [1.29, 1.82) is 0 Å². The normalized spacial score (nSPS) is 11.8. The van der Waals surface area contributed by atoms with Crippen LogP contribution in [-0.4, -0.2) is 6.54 Å². The lowest BCUT2D eigenvalue weighted by Crippen LogP contribution is -2.22. The van der Waals surface area contributed by atoms with Crippen molar-refractivity contribution in [1.82, 2.24) is 5.32 Å². The fraction of sp³-hybridized carbons (Fsp3) is 0.467. The minimum Gasteiger partial charge on any atom is -0.310 e. The lowest BCUT2D eigenvalue weighted by Gasteiger charge is -2.18. The third-order valence-corrected chi connectivity index (χ3v) is 3.34. The summed E-state index contributed by atoms with van der Waals surface area (Å²) in [6.45, 7) is 5.06. The number of hydrogen-bond acceptors (Lipinski definition) is 1. The predicted molar refractivity (Wildman–Crippen MR) is 82.9 cm³/mol. The van der Waals surface area contributed by atoms with Crippen LogP contribution in [0.2, 0.25) is 5.02 Å². The zero-order chi connectivity index (χ0) is 13.4. The van der Waals surface area contributed by atoms with Gasteiger partial charge in [0, 0.05) is 22.0 Å². The van der Waals surface area contributed by atoms with E-state index in [0.717, 1.165) is 35.3 Å². The Morgan fingerprint density at radius 1 is 1.39 bits per heavy atom. The Balaban J connectivity index is 2.81. The molecule has 18 heavy (non-hydrogen) atoms. The summed E-state index contributed by atoms with van der Waals surface area (Å²) < 4.78 is 1.02. The van der Waals surface area contributed by atoms with Crippen LogP contribution in [0.5, 0.6) is 0 Å².